The summed E-state index contributed by atoms with van der Waals surface area (Å²) in [5, 5.41) is 0. The van der Waals surface area contributed by atoms with Gasteiger partial charge < -0.3 is 4.74 Å². The predicted molar refractivity (Wildman–Crippen MR) is 113 cm³/mol. The van der Waals surface area contributed by atoms with Crippen LogP contribution in [0.1, 0.15) is 36.2 Å². The molecule has 1 aromatic carbocycles. The molecule has 0 saturated carbocycles. The third-order valence-corrected chi connectivity index (χ3v) is 6.16. The van der Waals surface area contributed by atoms with Gasteiger partial charge >= 0.3 is 6.01 Å². The molecule has 0 fully saturated rings. The van der Waals surface area contributed by atoms with E-state index < -0.39 is 0 Å². The van der Waals surface area contributed by atoms with E-state index in [-0.39, 0.29) is 0 Å². The van der Waals surface area contributed by atoms with E-state index in [1.165, 1.54) is 15.8 Å². The Labute approximate surface area is 173 Å². The first kappa shape index (κ1) is 18.1. The molecule has 1 atom stereocenters. The lowest BCUT2D eigenvalue weighted by Crippen LogP contribution is -2.34. The molecule has 0 spiro atoms. The topological polar surface area (TPSA) is 64.0 Å². The van der Waals surface area contributed by atoms with Crippen LogP contribution in [0.4, 0.5) is 0 Å². The lowest BCUT2D eigenvalue weighted by Gasteiger charge is -2.35. The quantitative estimate of drug-likeness (QED) is 0.478. The Morgan fingerprint density at radius 3 is 3.03 bits per heavy atom. The first-order valence-corrected chi connectivity index (χ1v) is 10.7. The van der Waals surface area contributed by atoms with E-state index in [4.69, 9.17) is 4.74 Å². The Morgan fingerprint density at radius 2 is 2.17 bits per heavy atom. The van der Waals surface area contributed by atoms with Gasteiger partial charge in [-0.1, -0.05) is 13.0 Å². The van der Waals surface area contributed by atoms with Gasteiger partial charge in [-0.15, -0.1) is 11.3 Å². The molecule has 4 heterocycles. The number of rotatable bonds is 5. The van der Waals surface area contributed by atoms with Gasteiger partial charge in [0.05, 0.1) is 27.6 Å². The summed E-state index contributed by atoms with van der Waals surface area (Å²) in [5.41, 5.74) is 6.56. The smallest absolute Gasteiger partial charge is 0.322 e. The molecular weight excluding hydrogens is 382 g/mol. The Morgan fingerprint density at radius 1 is 1.21 bits per heavy atom. The highest BCUT2D eigenvalue weighted by molar-refractivity contribution is 7.16. The van der Waals surface area contributed by atoms with Crippen molar-refractivity contribution in [3.05, 3.63) is 71.3 Å². The van der Waals surface area contributed by atoms with Crippen molar-refractivity contribution in [3.63, 3.8) is 0 Å². The highest BCUT2D eigenvalue weighted by Gasteiger charge is 2.25. The number of pyridine rings is 1. The van der Waals surface area contributed by atoms with Crippen molar-refractivity contribution in [2.45, 2.75) is 32.4 Å². The second-order valence-electron chi connectivity index (χ2n) is 7.14. The summed E-state index contributed by atoms with van der Waals surface area (Å²) in [4.78, 5) is 20.1. The molecule has 0 aliphatic carbocycles. The number of benzene rings is 1. The fraction of sp³-hybridized carbons (Fsp3) is 0.273. The van der Waals surface area contributed by atoms with Crippen molar-refractivity contribution in [3.8, 4) is 11.8 Å². The minimum atomic E-state index is 0.362. The van der Waals surface area contributed by atoms with Crippen molar-refractivity contribution in [1.29, 1.82) is 0 Å². The lowest BCUT2D eigenvalue weighted by atomic mass is 9.98. The zero-order valence-corrected chi connectivity index (χ0v) is 17.0. The van der Waals surface area contributed by atoms with Crippen molar-refractivity contribution < 1.29 is 4.74 Å². The number of nitrogens with zero attached hydrogens (tertiary/aromatic N) is 5. The van der Waals surface area contributed by atoms with E-state index in [1.54, 1.807) is 23.7 Å². The third kappa shape index (κ3) is 3.71. The highest BCUT2D eigenvalue weighted by atomic mass is 32.1. The summed E-state index contributed by atoms with van der Waals surface area (Å²) in [6, 6.07) is 11.1. The average Bonchev–Trinajstić information content (AvgIpc) is 3.23. The van der Waals surface area contributed by atoms with Gasteiger partial charge in [0.2, 0.25) is 0 Å². The standard InChI is InChI=1S/C22H21N5OS/c1-2-20(15-5-6-21-19(10-15)25-14-29-21)27-9-7-18-16(13-27)11-24-22(26-18)28-17-4-3-8-23-12-17/h3-6,8,10-12,14,20H,2,7,9,13H2,1H3/t20-/m0/s1. The van der Waals surface area contributed by atoms with E-state index in [2.05, 4.69) is 50.0 Å². The molecule has 3 aromatic heterocycles. The van der Waals surface area contributed by atoms with Crippen LogP contribution < -0.4 is 4.74 Å². The van der Waals surface area contributed by atoms with Gasteiger partial charge in [-0.25, -0.2) is 9.97 Å². The Balaban J connectivity index is 1.35. The van der Waals surface area contributed by atoms with Gasteiger partial charge in [0.25, 0.3) is 0 Å². The van der Waals surface area contributed by atoms with E-state index in [0.717, 1.165) is 37.1 Å². The van der Waals surface area contributed by atoms with Gasteiger partial charge in [-0.05, 0) is 36.2 Å². The largest absolute Gasteiger partial charge is 0.423 e. The average molecular weight is 404 g/mol. The minimum Gasteiger partial charge on any atom is -0.423 e. The molecular formula is C22H21N5OS. The van der Waals surface area contributed by atoms with E-state index in [0.29, 0.717) is 17.8 Å². The van der Waals surface area contributed by atoms with Crippen LogP contribution >= 0.6 is 11.3 Å². The molecule has 5 rings (SSSR count). The maximum Gasteiger partial charge on any atom is 0.322 e. The molecule has 0 unspecified atom stereocenters. The normalized spacial score (nSPS) is 15.2. The number of ether oxygens (including phenoxy) is 1. The number of aromatic nitrogens is 4. The van der Waals surface area contributed by atoms with Gasteiger partial charge in [0.15, 0.2) is 0 Å². The summed E-state index contributed by atoms with van der Waals surface area (Å²) in [5.74, 6) is 0.647. The molecule has 29 heavy (non-hydrogen) atoms. The second kappa shape index (κ2) is 7.85. The van der Waals surface area contributed by atoms with Crippen molar-refractivity contribution >= 4 is 21.6 Å². The summed E-state index contributed by atoms with van der Waals surface area (Å²) in [6.07, 6.45) is 7.21. The molecule has 0 amide bonds. The third-order valence-electron chi connectivity index (χ3n) is 5.35. The first-order valence-electron chi connectivity index (χ1n) is 9.80. The number of hydrogen-bond donors (Lipinski definition) is 0. The molecule has 4 aromatic rings. The van der Waals surface area contributed by atoms with Crippen LogP contribution in [0.3, 0.4) is 0 Å². The van der Waals surface area contributed by atoms with Crippen LogP contribution in [0, 0.1) is 0 Å². The van der Waals surface area contributed by atoms with Gasteiger partial charge in [0, 0.05) is 43.5 Å². The van der Waals surface area contributed by atoms with Crippen LogP contribution in [0.2, 0.25) is 0 Å². The molecule has 0 saturated heterocycles. The predicted octanol–water partition coefficient (Wildman–Crippen LogP) is 4.78. The summed E-state index contributed by atoms with van der Waals surface area (Å²) >= 11 is 1.69. The monoisotopic (exact) mass is 403 g/mol. The SMILES string of the molecule is CC[C@@H](c1ccc2scnc2c1)N1CCc2nc(Oc3cccnc3)ncc2C1. The fourth-order valence-electron chi connectivity index (χ4n) is 3.93. The molecule has 146 valence electrons. The zero-order valence-electron chi connectivity index (χ0n) is 16.2. The zero-order chi connectivity index (χ0) is 19.6. The van der Waals surface area contributed by atoms with Crippen molar-refractivity contribution in [1.82, 2.24) is 24.8 Å². The summed E-state index contributed by atoms with van der Waals surface area (Å²) in [6.45, 7) is 4.05. The molecule has 0 radical (unpaired) electrons. The molecule has 0 N–H and O–H groups in total. The Bertz CT molecular complexity index is 1130. The van der Waals surface area contributed by atoms with Crippen LogP contribution in [-0.2, 0) is 13.0 Å². The van der Waals surface area contributed by atoms with Crippen molar-refractivity contribution in [2.75, 3.05) is 6.54 Å². The van der Waals surface area contributed by atoms with Gasteiger partial charge in [-0.3, -0.25) is 9.88 Å². The summed E-state index contributed by atoms with van der Waals surface area (Å²) < 4.78 is 6.98. The summed E-state index contributed by atoms with van der Waals surface area (Å²) in [7, 11) is 0. The molecule has 1 aliphatic rings. The number of hydrogen-bond acceptors (Lipinski definition) is 7. The molecule has 7 heteroatoms. The number of thiazole rings is 1. The second-order valence-corrected chi connectivity index (χ2v) is 8.03. The van der Waals surface area contributed by atoms with Crippen molar-refractivity contribution in [2.24, 2.45) is 0 Å². The maximum absolute atomic E-state index is 5.74. The molecule has 1 aliphatic heterocycles. The van der Waals surface area contributed by atoms with Crippen LogP contribution in [0.25, 0.3) is 10.2 Å². The fourth-order valence-corrected chi connectivity index (χ4v) is 4.59. The van der Waals surface area contributed by atoms with Crippen LogP contribution in [0.5, 0.6) is 11.8 Å². The Hall–Kier alpha value is -2.90. The van der Waals surface area contributed by atoms with Gasteiger partial charge in [0.1, 0.15) is 5.75 Å². The van der Waals surface area contributed by atoms with Crippen LogP contribution in [0.15, 0.2) is 54.4 Å². The van der Waals surface area contributed by atoms with Gasteiger partial charge in [-0.2, -0.15) is 4.98 Å². The van der Waals surface area contributed by atoms with E-state index in [9.17, 15) is 0 Å². The number of fused-ring (bicyclic) bond motifs is 2. The maximum atomic E-state index is 5.74. The first-order chi connectivity index (χ1) is 14.3. The molecule has 6 nitrogen and oxygen atoms in total. The van der Waals surface area contributed by atoms with E-state index in [1.807, 2.05) is 23.8 Å². The Kier molecular flexibility index (Phi) is 4.91. The molecule has 0 bridgehead atoms. The lowest BCUT2D eigenvalue weighted by molar-refractivity contribution is 0.172. The highest BCUT2D eigenvalue weighted by Crippen LogP contribution is 2.32. The van der Waals surface area contributed by atoms with Crippen LogP contribution in [-0.4, -0.2) is 31.4 Å². The minimum absolute atomic E-state index is 0.362. The van der Waals surface area contributed by atoms with E-state index >= 15 is 0 Å².